The van der Waals surface area contributed by atoms with Gasteiger partial charge in [0.05, 0.1) is 28.1 Å². The van der Waals surface area contributed by atoms with Crippen molar-refractivity contribution in [3.05, 3.63) is 200 Å². The number of para-hydroxylation sites is 1. The third-order valence-electron chi connectivity index (χ3n) is 9.99. The SMILES string of the molecule is C=C/C=C\c1c(C)c2c(-c3ccccc3)nc3ccccc3c2n1-c1ccc(-c2nc(-c3ccccc3)cc(-c3ccc(-c4ccccc4)cc3)n2)cc1. The van der Waals surface area contributed by atoms with Crippen LogP contribution in [0.15, 0.2) is 189 Å². The molecule has 0 aliphatic heterocycles. The van der Waals surface area contributed by atoms with Crippen LogP contribution in [0.4, 0.5) is 0 Å². The van der Waals surface area contributed by atoms with E-state index in [1.165, 1.54) is 11.1 Å². The van der Waals surface area contributed by atoms with E-state index in [1.807, 2.05) is 42.5 Å². The van der Waals surface area contributed by atoms with Crippen LogP contribution < -0.4 is 0 Å². The lowest BCUT2D eigenvalue weighted by molar-refractivity contribution is 1.10. The zero-order valence-corrected chi connectivity index (χ0v) is 29.9. The van der Waals surface area contributed by atoms with Crippen molar-refractivity contribution in [1.82, 2.24) is 19.5 Å². The minimum absolute atomic E-state index is 0.673. The first-order valence-corrected chi connectivity index (χ1v) is 18.2. The van der Waals surface area contributed by atoms with Gasteiger partial charge in [0.2, 0.25) is 0 Å². The number of aryl methyl sites for hydroxylation is 1. The molecule has 0 saturated heterocycles. The molecule has 4 nitrogen and oxygen atoms in total. The third-order valence-corrected chi connectivity index (χ3v) is 9.99. The maximum absolute atomic E-state index is 5.23. The summed E-state index contributed by atoms with van der Waals surface area (Å²) >= 11 is 0. The van der Waals surface area contributed by atoms with E-state index < -0.39 is 0 Å². The summed E-state index contributed by atoms with van der Waals surface area (Å²) in [6.45, 7) is 6.17. The van der Waals surface area contributed by atoms with E-state index in [9.17, 15) is 0 Å². The maximum atomic E-state index is 5.23. The van der Waals surface area contributed by atoms with Crippen LogP contribution >= 0.6 is 0 Å². The summed E-state index contributed by atoms with van der Waals surface area (Å²) in [7, 11) is 0. The predicted molar refractivity (Wildman–Crippen MR) is 225 cm³/mol. The molecule has 0 aliphatic carbocycles. The molecule has 0 bridgehead atoms. The van der Waals surface area contributed by atoms with Gasteiger partial charge in [-0.05, 0) is 66.1 Å². The Balaban J connectivity index is 1.20. The van der Waals surface area contributed by atoms with Gasteiger partial charge in [0.1, 0.15) is 0 Å². The number of allylic oxidation sites excluding steroid dienone is 2. The molecular weight excluding hydrogens is 657 g/mol. The molecule has 54 heavy (non-hydrogen) atoms. The first-order valence-electron chi connectivity index (χ1n) is 18.2. The van der Waals surface area contributed by atoms with Crippen molar-refractivity contribution < 1.29 is 0 Å². The first-order chi connectivity index (χ1) is 26.7. The van der Waals surface area contributed by atoms with Gasteiger partial charge in [-0.25, -0.2) is 15.0 Å². The minimum atomic E-state index is 0.673. The quantitative estimate of drug-likeness (QED) is 0.149. The zero-order chi connectivity index (χ0) is 36.4. The molecule has 3 aromatic heterocycles. The van der Waals surface area contributed by atoms with Crippen LogP contribution in [0.5, 0.6) is 0 Å². The lowest BCUT2D eigenvalue weighted by Crippen LogP contribution is -1.99. The molecule has 0 amide bonds. The highest BCUT2D eigenvalue weighted by Crippen LogP contribution is 2.40. The standard InChI is InChI=1S/C50H36N4/c1-3-4-24-46-34(2)47-48(39-20-12-7-13-21-39)51-43-23-15-14-22-42(43)49(47)54(46)41-31-29-40(30-32-41)50-52-44(37-18-10-6-11-19-37)33-45(53-50)38-27-25-36(26-28-38)35-16-8-5-9-17-35/h3-33H,1H2,2H3/b24-4-. The van der Waals surface area contributed by atoms with E-state index >= 15 is 0 Å². The lowest BCUT2D eigenvalue weighted by atomic mass is 10.0. The zero-order valence-electron chi connectivity index (χ0n) is 29.9. The normalized spacial score (nSPS) is 11.4. The molecule has 9 rings (SSSR count). The fourth-order valence-corrected chi connectivity index (χ4v) is 7.33. The van der Waals surface area contributed by atoms with Crippen molar-refractivity contribution in [3.8, 4) is 62.0 Å². The number of pyridine rings is 1. The summed E-state index contributed by atoms with van der Waals surface area (Å²) in [5.74, 6) is 0.673. The molecule has 3 heterocycles. The Morgan fingerprint density at radius 3 is 1.69 bits per heavy atom. The highest BCUT2D eigenvalue weighted by molar-refractivity contribution is 6.13. The van der Waals surface area contributed by atoms with Gasteiger partial charge in [0.25, 0.3) is 0 Å². The van der Waals surface area contributed by atoms with Gasteiger partial charge in [0.15, 0.2) is 5.82 Å². The molecule has 0 spiro atoms. The topological polar surface area (TPSA) is 43.6 Å². The first kappa shape index (κ1) is 32.7. The Bertz CT molecular complexity index is 2800. The average molecular weight is 693 g/mol. The van der Waals surface area contributed by atoms with E-state index in [2.05, 4.69) is 164 Å². The fourth-order valence-electron chi connectivity index (χ4n) is 7.33. The van der Waals surface area contributed by atoms with Crippen LogP contribution in [0.1, 0.15) is 11.3 Å². The van der Waals surface area contributed by atoms with Gasteiger partial charge >= 0.3 is 0 Å². The van der Waals surface area contributed by atoms with Crippen molar-refractivity contribution in [2.45, 2.75) is 6.92 Å². The van der Waals surface area contributed by atoms with Crippen molar-refractivity contribution in [2.24, 2.45) is 0 Å². The third kappa shape index (κ3) is 6.00. The van der Waals surface area contributed by atoms with Gasteiger partial charge < -0.3 is 4.57 Å². The summed E-state index contributed by atoms with van der Waals surface area (Å²) in [5, 5.41) is 2.23. The van der Waals surface area contributed by atoms with Crippen molar-refractivity contribution >= 4 is 27.9 Å². The van der Waals surface area contributed by atoms with Crippen LogP contribution in [0, 0.1) is 6.92 Å². The monoisotopic (exact) mass is 692 g/mol. The van der Waals surface area contributed by atoms with Crippen molar-refractivity contribution in [3.63, 3.8) is 0 Å². The van der Waals surface area contributed by atoms with Crippen LogP contribution in [0.2, 0.25) is 0 Å². The fraction of sp³-hybridized carbons (Fsp3) is 0.0200. The molecule has 0 atom stereocenters. The van der Waals surface area contributed by atoms with Gasteiger partial charge in [-0.2, -0.15) is 0 Å². The Kier molecular flexibility index (Phi) is 8.54. The second kappa shape index (κ2) is 14.1. The molecule has 0 radical (unpaired) electrons. The maximum Gasteiger partial charge on any atom is 0.160 e. The molecule has 0 unspecified atom stereocenters. The molecule has 0 saturated carbocycles. The number of aromatic nitrogens is 4. The minimum Gasteiger partial charge on any atom is -0.309 e. The van der Waals surface area contributed by atoms with Crippen LogP contribution in [-0.4, -0.2) is 19.5 Å². The second-order valence-electron chi connectivity index (χ2n) is 13.3. The summed E-state index contributed by atoms with van der Waals surface area (Å²) in [6.07, 6.45) is 5.96. The van der Waals surface area contributed by atoms with Gasteiger partial charge in [0, 0.05) is 44.4 Å². The number of nitrogens with zero attached hydrogens (tertiary/aromatic N) is 4. The highest BCUT2D eigenvalue weighted by Gasteiger charge is 2.22. The summed E-state index contributed by atoms with van der Waals surface area (Å²) in [5.41, 5.74) is 14.5. The van der Waals surface area contributed by atoms with Crippen molar-refractivity contribution in [2.75, 3.05) is 0 Å². The molecular formula is C50H36N4. The molecule has 9 aromatic rings. The molecule has 0 N–H and O–H groups in total. The number of benzene rings is 6. The summed E-state index contributed by atoms with van der Waals surface area (Å²) in [6, 6.07) is 58.9. The van der Waals surface area contributed by atoms with E-state index in [-0.39, 0.29) is 0 Å². The molecule has 0 fully saturated rings. The largest absolute Gasteiger partial charge is 0.309 e. The predicted octanol–water partition coefficient (Wildman–Crippen LogP) is 12.8. The Labute approximate surface area is 315 Å². The van der Waals surface area contributed by atoms with Crippen molar-refractivity contribution in [1.29, 1.82) is 0 Å². The number of hydrogen-bond donors (Lipinski definition) is 0. The van der Waals surface area contributed by atoms with Crippen LogP contribution in [0.25, 0.3) is 89.9 Å². The number of rotatable bonds is 8. The number of fused-ring (bicyclic) bond motifs is 3. The highest BCUT2D eigenvalue weighted by atomic mass is 15.0. The van der Waals surface area contributed by atoms with Crippen LogP contribution in [0.3, 0.4) is 0 Å². The number of hydrogen-bond acceptors (Lipinski definition) is 3. The van der Waals surface area contributed by atoms with Gasteiger partial charge in [-0.15, -0.1) is 0 Å². The average Bonchev–Trinajstić information content (AvgIpc) is 3.55. The Morgan fingerprint density at radius 2 is 1.04 bits per heavy atom. The summed E-state index contributed by atoms with van der Waals surface area (Å²) in [4.78, 5) is 15.5. The molecule has 0 aliphatic rings. The molecule has 6 aromatic carbocycles. The van der Waals surface area contributed by atoms with E-state index in [0.29, 0.717) is 5.82 Å². The van der Waals surface area contributed by atoms with Gasteiger partial charge in [-0.1, -0.05) is 152 Å². The van der Waals surface area contributed by atoms with E-state index in [1.54, 1.807) is 0 Å². The van der Waals surface area contributed by atoms with E-state index in [4.69, 9.17) is 15.0 Å². The Morgan fingerprint density at radius 1 is 0.519 bits per heavy atom. The van der Waals surface area contributed by atoms with Crippen LogP contribution in [-0.2, 0) is 0 Å². The second-order valence-corrected chi connectivity index (χ2v) is 13.3. The lowest BCUT2D eigenvalue weighted by Gasteiger charge is -2.14. The molecule has 4 heteroatoms. The smallest absolute Gasteiger partial charge is 0.160 e. The molecule has 256 valence electrons. The Hall–Kier alpha value is -7.17. The van der Waals surface area contributed by atoms with Gasteiger partial charge in [-0.3, -0.25) is 0 Å². The van der Waals surface area contributed by atoms with E-state index in [0.717, 1.165) is 78.1 Å². The summed E-state index contributed by atoms with van der Waals surface area (Å²) < 4.78 is 2.35.